The monoisotopic (exact) mass is 209 g/mol. The van der Waals surface area contributed by atoms with Crippen molar-refractivity contribution in [2.45, 2.75) is 58.0 Å². The molecule has 1 fully saturated rings. The van der Waals surface area contributed by atoms with Crippen LogP contribution in [0.1, 0.15) is 51.9 Å². The quantitative estimate of drug-likeness (QED) is 0.526. The summed E-state index contributed by atoms with van der Waals surface area (Å²) in [6.45, 7) is 2.00. The largest absolute Gasteiger partial charge is 0.462 e. The molecule has 13 heavy (non-hydrogen) atoms. The number of hydrogen-bond acceptors (Lipinski definition) is 2. The van der Waals surface area contributed by atoms with Crippen LogP contribution in [-0.2, 0) is 9.53 Å². The molecule has 0 spiro atoms. The van der Waals surface area contributed by atoms with Crippen molar-refractivity contribution in [1.29, 1.82) is 0 Å². The zero-order valence-corrected chi connectivity index (χ0v) is 12.0. The van der Waals surface area contributed by atoms with E-state index in [1.54, 1.807) is 0 Å². The molecule has 1 aliphatic carbocycles. The molecule has 0 aromatic heterocycles. The number of ether oxygens (including phenoxy) is 1. The van der Waals surface area contributed by atoms with Crippen molar-refractivity contribution < 1.29 is 9.53 Å². The standard InChI is InChI=1S/C10H18O2.K/c1-2-6-10(11)12-9-7-4-3-5-8-9;/h9H,2-8H2,1H3;. The molecule has 0 bridgehead atoms. The van der Waals surface area contributed by atoms with Crippen molar-refractivity contribution in [2.24, 2.45) is 0 Å². The van der Waals surface area contributed by atoms with Crippen LogP contribution in [0.2, 0.25) is 0 Å². The molecule has 1 aliphatic rings. The molecule has 0 saturated heterocycles. The minimum atomic E-state index is -0.00981. The second kappa shape index (κ2) is 8.42. The predicted molar refractivity (Wildman–Crippen MR) is 53.6 cm³/mol. The Kier molecular flexibility index (Phi) is 9.13. The molecule has 2 nitrogen and oxygen atoms in total. The van der Waals surface area contributed by atoms with Gasteiger partial charge in [-0.3, -0.25) is 4.79 Å². The van der Waals surface area contributed by atoms with Gasteiger partial charge in [-0.1, -0.05) is 13.3 Å². The van der Waals surface area contributed by atoms with Gasteiger partial charge in [0.05, 0.1) is 0 Å². The summed E-state index contributed by atoms with van der Waals surface area (Å²) in [7, 11) is 0. The van der Waals surface area contributed by atoms with Gasteiger partial charge in [-0.15, -0.1) is 0 Å². The summed E-state index contributed by atoms with van der Waals surface area (Å²) in [5.74, 6) is -0.00981. The Bertz CT molecular complexity index is 142. The SMILES string of the molecule is CCCC(=O)OC1CCCCC1.[K]. The molecule has 71 valence electrons. The molecule has 0 aliphatic heterocycles. The molecule has 0 N–H and O–H groups in total. The number of rotatable bonds is 3. The van der Waals surface area contributed by atoms with E-state index in [2.05, 4.69) is 0 Å². The summed E-state index contributed by atoms with van der Waals surface area (Å²) in [5, 5.41) is 0. The van der Waals surface area contributed by atoms with Crippen LogP contribution in [0.5, 0.6) is 0 Å². The van der Waals surface area contributed by atoms with E-state index in [0.29, 0.717) is 6.42 Å². The predicted octanol–water partition coefficient (Wildman–Crippen LogP) is 2.28. The van der Waals surface area contributed by atoms with Gasteiger partial charge in [0.25, 0.3) is 0 Å². The Labute approximate surface area is 123 Å². The van der Waals surface area contributed by atoms with E-state index in [1.807, 2.05) is 6.92 Å². The third-order valence-electron chi connectivity index (χ3n) is 2.30. The van der Waals surface area contributed by atoms with E-state index in [-0.39, 0.29) is 63.5 Å². The van der Waals surface area contributed by atoms with Crippen LogP contribution in [0.15, 0.2) is 0 Å². The summed E-state index contributed by atoms with van der Waals surface area (Å²) >= 11 is 0. The third-order valence-corrected chi connectivity index (χ3v) is 2.30. The summed E-state index contributed by atoms with van der Waals surface area (Å²) in [5.41, 5.74) is 0. The molecule has 1 saturated carbocycles. The fraction of sp³-hybridized carbons (Fsp3) is 0.900. The maximum Gasteiger partial charge on any atom is 0.306 e. The van der Waals surface area contributed by atoms with Crippen molar-refractivity contribution in [2.75, 3.05) is 0 Å². The molecule has 0 heterocycles. The van der Waals surface area contributed by atoms with Crippen LogP contribution in [0, 0.1) is 0 Å². The van der Waals surface area contributed by atoms with Crippen LogP contribution >= 0.6 is 0 Å². The molecule has 0 aromatic rings. The average Bonchev–Trinajstić information content (AvgIpc) is 2.06. The summed E-state index contributed by atoms with van der Waals surface area (Å²) in [6.07, 6.45) is 7.63. The smallest absolute Gasteiger partial charge is 0.306 e. The Morgan fingerprint density at radius 2 is 1.92 bits per heavy atom. The van der Waals surface area contributed by atoms with Gasteiger partial charge in [-0.2, -0.15) is 0 Å². The van der Waals surface area contributed by atoms with E-state index in [1.165, 1.54) is 19.3 Å². The second-order valence-electron chi connectivity index (χ2n) is 3.50. The van der Waals surface area contributed by atoms with Gasteiger partial charge in [0.2, 0.25) is 0 Å². The van der Waals surface area contributed by atoms with Gasteiger partial charge >= 0.3 is 5.97 Å². The molecule has 1 radical (unpaired) electrons. The summed E-state index contributed by atoms with van der Waals surface area (Å²) < 4.78 is 5.29. The molecule has 0 unspecified atom stereocenters. The Hall–Kier alpha value is 1.11. The van der Waals surface area contributed by atoms with E-state index < -0.39 is 0 Å². The first kappa shape index (κ1) is 14.1. The molecular weight excluding hydrogens is 191 g/mol. The van der Waals surface area contributed by atoms with Crippen molar-refractivity contribution in [3.8, 4) is 0 Å². The first-order valence-corrected chi connectivity index (χ1v) is 5.02. The van der Waals surface area contributed by atoms with E-state index in [9.17, 15) is 4.79 Å². The van der Waals surface area contributed by atoms with Gasteiger partial charge in [-0.25, -0.2) is 0 Å². The van der Waals surface area contributed by atoms with Crippen LogP contribution in [0.25, 0.3) is 0 Å². The van der Waals surface area contributed by atoms with Crippen molar-refractivity contribution in [3.05, 3.63) is 0 Å². The first-order valence-electron chi connectivity index (χ1n) is 5.02. The van der Waals surface area contributed by atoms with Gasteiger partial charge in [-0.05, 0) is 32.1 Å². The van der Waals surface area contributed by atoms with Crippen LogP contribution in [0.3, 0.4) is 0 Å². The maximum absolute atomic E-state index is 11.1. The van der Waals surface area contributed by atoms with Crippen molar-refractivity contribution in [1.82, 2.24) is 0 Å². The van der Waals surface area contributed by atoms with Gasteiger partial charge in [0.15, 0.2) is 0 Å². The Morgan fingerprint density at radius 3 is 2.46 bits per heavy atom. The van der Waals surface area contributed by atoms with E-state index >= 15 is 0 Å². The molecule has 0 aromatic carbocycles. The molecule has 3 heteroatoms. The van der Waals surface area contributed by atoms with Crippen molar-refractivity contribution >= 4 is 57.4 Å². The normalized spacial score (nSPS) is 17.6. The Balaban J connectivity index is 0.00000144. The number of carbonyl (C=O) groups excluding carboxylic acids is 1. The van der Waals surface area contributed by atoms with Crippen LogP contribution in [0.4, 0.5) is 0 Å². The molecule has 1 rings (SSSR count). The fourth-order valence-corrected chi connectivity index (χ4v) is 1.63. The molecule has 0 amide bonds. The first-order chi connectivity index (χ1) is 5.83. The molecule has 0 atom stereocenters. The van der Waals surface area contributed by atoms with Crippen molar-refractivity contribution in [3.63, 3.8) is 0 Å². The maximum atomic E-state index is 11.1. The van der Waals surface area contributed by atoms with Crippen LogP contribution in [-0.4, -0.2) is 63.5 Å². The third kappa shape index (κ3) is 6.23. The zero-order chi connectivity index (χ0) is 8.81. The van der Waals surface area contributed by atoms with Crippen LogP contribution < -0.4 is 0 Å². The molecular formula is C10H18KO2. The van der Waals surface area contributed by atoms with Gasteiger partial charge < -0.3 is 4.74 Å². The fourth-order valence-electron chi connectivity index (χ4n) is 1.63. The van der Waals surface area contributed by atoms with Gasteiger partial charge in [0.1, 0.15) is 6.10 Å². The summed E-state index contributed by atoms with van der Waals surface area (Å²) in [6, 6.07) is 0. The minimum Gasteiger partial charge on any atom is -0.462 e. The summed E-state index contributed by atoms with van der Waals surface area (Å²) in [4.78, 5) is 11.1. The minimum absolute atomic E-state index is 0. The number of carbonyl (C=O) groups is 1. The zero-order valence-electron chi connectivity index (χ0n) is 8.84. The topological polar surface area (TPSA) is 26.3 Å². The second-order valence-corrected chi connectivity index (χ2v) is 3.50. The van der Waals surface area contributed by atoms with E-state index in [4.69, 9.17) is 4.74 Å². The number of esters is 1. The van der Waals surface area contributed by atoms with E-state index in [0.717, 1.165) is 19.3 Å². The number of hydrogen-bond donors (Lipinski definition) is 0. The Morgan fingerprint density at radius 1 is 1.31 bits per heavy atom. The van der Waals surface area contributed by atoms with Gasteiger partial charge in [0, 0.05) is 57.8 Å². The average molecular weight is 209 g/mol.